The summed E-state index contributed by atoms with van der Waals surface area (Å²) in [5.41, 5.74) is 3.33. The van der Waals surface area contributed by atoms with Crippen LogP contribution < -0.4 is 4.74 Å². The summed E-state index contributed by atoms with van der Waals surface area (Å²) in [5, 5.41) is 8.80. The highest BCUT2D eigenvalue weighted by molar-refractivity contribution is 5.67. The summed E-state index contributed by atoms with van der Waals surface area (Å²) in [7, 11) is 1.69. The van der Waals surface area contributed by atoms with Crippen LogP contribution in [-0.2, 0) is 16.6 Å². The quantitative estimate of drug-likeness (QED) is 0.852. The number of carboxylic acids is 1. The molecular weight excluding hydrogens is 240 g/mol. The average molecular weight is 264 g/mol. The van der Waals surface area contributed by atoms with Gasteiger partial charge in [-0.25, -0.2) is 0 Å². The summed E-state index contributed by atoms with van der Waals surface area (Å²) in [6.45, 7) is 8.54. The van der Waals surface area contributed by atoms with E-state index in [1.165, 1.54) is 0 Å². The molecule has 3 nitrogen and oxygen atoms in total. The van der Waals surface area contributed by atoms with Gasteiger partial charge in [0.25, 0.3) is 0 Å². The number of hydrogen-bond acceptors (Lipinski definition) is 2. The molecule has 106 valence electrons. The lowest BCUT2D eigenvalue weighted by atomic mass is 9.80. The van der Waals surface area contributed by atoms with Gasteiger partial charge in [0.2, 0.25) is 0 Å². The number of methoxy groups -OCH3 is 1. The number of carboxylic acid groups (broad SMARTS) is 1. The minimum atomic E-state index is -0.759. The molecule has 0 aliphatic heterocycles. The van der Waals surface area contributed by atoms with Gasteiger partial charge < -0.3 is 9.84 Å². The zero-order valence-corrected chi connectivity index (χ0v) is 12.5. The van der Waals surface area contributed by atoms with E-state index in [2.05, 4.69) is 26.8 Å². The maximum atomic E-state index is 10.7. The number of ether oxygens (including phenoxy) is 1. The van der Waals surface area contributed by atoms with Gasteiger partial charge in [-0.15, -0.1) is 0 Å². The first-order chi connectivity index (χ1) is 8.81. The summed E-state index contributed by atoms with van der Waals surface area (Å²) >= 11 is 0. The van der Waals surface area contributed by atoms with E-state index in [9.17, 15) is 4.79 Å². The molecular formula is C16H24O3. The molecule has 3 heteroatoms. The SMILES string of the molecule is CCC(C)(C)c1cc(CCC(=O)O)cc(C)c1OC. The summed E-state index contributed by atoms with van der Waals surface area (Å²) in [5.74, 6) is 0.163. The molecule has 0 fully saturated rings. The summed E-state index contributed by atoms with van der Waals surface area (Å²) < 4.78 is 5.53. The van der Waals surface area contributed by atoms with Crippen LogP contribution in [0.15, 0.2) is 12.1 Å². The van der Waals surface area contributed by atoms with Crippen molar-refractivity contribution < 1.29 is 14.6 Å². The predicted molar refractivity (Wildman–Crippen MR) is 77.0 cm³/mol. The first-order valence-corrected chi connectivity index (χ1v) is 6.71. The van der Waals surface area contributed by atoms with E-state index in [0.29, 0.717) is 6.42 Å². The number of carbonyl (C=O) groups is 1. The third kappa shape index (κ3) is 3.72. The van der Waals surface area contributed by atoms with Crippen molar-refractivity contribution in [2.24, 2.45) is 0 Å². The molecule has 0 heterocycles. The molecule has 0 amide bonds. The highest BCUT2D eigenvalue weighted by atomic mass is 16.5. The largest absolute Gasteiger partial charge is 0.496 e. The van der Waals surface area contributed by atoms with Gasteiger partial charge in [-0.05, 0) is 36.3 Å². The second kappa shape index (κ2) is 6.09. The van der Waals surface area contributed by atoms with Gasteiger partial charge in [-0.1, -0.05) is 32.9 Å². The zero-order valence-electron chi connectivity index (χ0n) is 12.5. The predicted octanol–water partition coefficient (Wildman–Crippen LogP) is 3.71. The Labute approximate surface area is 115 Å². The van der Waals surface area contributed by atoms with Crippen molar-refractivity contribution in [1.29, 1.82) is 0 Å². The molecule has 1 N–H and O–H groups in total. The molecule has 0 aliphatic carbocycles. The van der Waals surface area contributed by atoms with Crippen LogP contribution >= 0.6 is 0 Å². The van der Waals surface area contributed by atoms with E-state index >= 15 is 0 Å². The molecule has 19 heavy (non-hydrogen) atoms. The van der Waals surface area contributed by atoms with Gasteiger partial charge in [0.1, 0.15) is 5.75 Å². The van der Waals surface area contributed by atoms with Crippen molar-refractivity contribution in [3.05, 3.63) is 28.8 Å². The molecule has 0 saturated carbocycles. The monoisotopic (exact) mass is 264 g/mol. The molecule has 0 radical (unpaired) electrons. The summed E-state index contributed by atoms with van der Waals surface area (Å²) in [6, 6.07) is 4.12. The van der Waals surface area contributed by atoms with Gasteiger partial charge in [0.05, 0.1) is 7.11 Å². The van der Waals surface area contributed by atoms with E-state index in [1.807, 2.05) is 13.0 Å². The Hall–Kier alpha value is -1.51. The minimum Gasteiger partial charge on any atom is -0.496 e. The third-order valence-electron chi connectivity index (χ3n) is 3.78. The van der Waals surface area contributed by atoms with Crippen LogP contribution in [-0.4, -0.2) is 18.2 Å². The molecule has 1 aromatic carbocycles. The molecule has 0 aromatic heterocycles. The van der Waals surface area contributed by atoms with E-state index in [-0.39, 0.29) is 11.8 Å². The number of benzene rings is 1. The standard InChI is InChI=1S/C16H24O3/c1-6-16(3,4)13-10-12(7-8-14(17)18)9-11(2)15(13)19-5/h9-10H,6-8H2,1-5H3,(H,17,18). The molecule has 1 aromatic rings. The van der Waals surface area contributed by atoms with Crippen LogP contribution in [0.4, 0.5) is 0 Å². The van der Waals surface area contributed by atoms with Gasteiger partial charge in [-0.2, -0.15) is 0 Å². The molecule has 0 saturated heterocycles. The van der Waals surface area contributed by atoms with Crippen LogP contribution in [0.25, 0.3) is 0 Å². The minimum absolute atomic E-state index is 0.0232. The van der Waals surface area contributed by atoms with E-state index in [1.54, 1.807) is 7.11 Å². The maximum absolute atomic E-state index is 10.7. The highest BCUT2D eigenvalue weighted by Gasteiger charge is 2.24. The van der Waals surface area contributed by atoms with E-state index in [4.69, 9.17) is 9.84 Å². The second-order valence-electron chi connectivity index (χ2n) is 5.62. The van der Waals surface area contributed by atoms with Crippen molar-refractivity contribution in [2.75, 3.05) is 7.11 Å². The summed E-state index contributed by atoms with van der Waals surface area (Å²) in [4.78, 5) is 10.7. The molecule has 0 bridgehead atoms. The van der Waals surface area contributed by atoms with Gasteiger partial charge >= 0.3 is 5.97 Å². The molecule has 1 rings (SSSR count). The summed E-state index contributed by atoms with van der Waals surface area (Å²) in [6.07, 6.45) is 1.73. The van der Waals surface area contributed by atoms with Crippen molar-refractivity contribution in [1.82, 2.24) is 0 Å². The van der Waals surface area contributed by atoms with Crippen LogP contribution in [0.1, 0.15) is 50.3 Å². The number of aliphatic carboxylic acids is 1. The number of aryl methyl sites for hydroxylation is 2. The first kappa shape index (κ1) is 15.5. The van der Waals surface area contributed by atoms with Crippen molar-refractivity contribution in [3.8, 4) is 5.75 Å². The molecule has 0 unspecified atom stereocenters. The Kier molecular flexibility index (Phi) is 4.98. The van der Waals surface area contributed by atoms with Gasteiger partial charge in [0, 0.05) is 12.0 Å². The van der Waals surface area contributed by atoms with Crippen molar-refractivity contribution in [3.63, 3.8) is 0 Å². The Morgan fingerprint density at radius 3 is 2.47 bits per heavy atom. The second-order valence-corrected chi connectivity index (χ2v) is 5.62. The number of rotatable bonds is 6. The fourth-order valence-corrected chi connectivity index (χ4v) is 2.21. The molecule has 0 aliphatic rings. The first-order valence-electron chi connectivity index (χ1n) is 6.71. The lowest BCUT2D eigenvalue weighted by Gasteiger charge is -2.27. The fraction of sp³-hybridized carbons (Fsp3) is 0.562. The smallest absolute Gasteiger partial charge is 0.303 e. The van der Waals surface area contributed by atoms with E-state index in [0.717, 1.165) is 28.9 Å². The molecule has 0 atom stereocenters. The topological polar surface area (TPSA) is 46.5 Å². The van der Waals surface area contributed by atoms with Crippen molar-refractivity contribution in [2.45, 2.75) is 52.4 Å². The Balaban J connectivity index is 3.22. The van der Waals surface area contributed by atoms with Crippen molar-refractivity contribution >= 4 is 5.97 Å². The molecule has 0 spiro atoms. The Bertz CT molecular complexity index is 461. The van der Waals surface area contributed by atoms with Gasteiger partial charge in [-0.3, -0.25) is 4.79 Å². The van der Waals surface area contributed by atoms with Crippen LogP contribution in [0.2, 0.25) is 0 Å². The maximum Gasteiger partial charge on any atom is 0.303 e. The van der Waals surface area contributed by atoms with Crippen LogP contribution in [0.5, 0.6) is 5.75 Å². The fourth-order valence-electron chi connectivity index (χ4n) is 2.21. The number of hydrogen-bond donors (Lipinski definition) is 1. The third-order valence-corrected chi connectivity index (χ3v) is 3.78. The Morgan fingerprint density at radius 1 is 1.37 bits per heavy atom. The average Bonchev–Trinajstić information content (AvgIpc) is 2.35. The lowest BCUT2D eigenvalue weighted by Crippen LogP contribution is -2.18. The Morgan fingerprint density at radius 2 is 2.00 bits per heavy atom. The zero-order chi connectivity index (χ0) is 14.6. The van der Waals surface area contributed by atoms with Crippen LogP contribution in [0, 0.1) is 6.92 Å². The van der Waals surface area contributed by atoms with E-state index < -0.39 is 5.97 Å². The normalized spacial score (nSPS) is 11.4. The van der Waals surface area contributed by atoms with Crippen LogP contribution in [0.3, 0.4) is 0 Å². The van der Waals surface area contributed by atoms with Gasteiger partial charge in [0.15, 0.2) is 0 Å². The highest BCUT2D eigenvalue weighted by Crippen LogP contribution is 2.37. The lowest BCUT2D eigenvalue weighted by molar-refractivity contribution is -0.136.